The maximum Gasteiger partial charge on any atom is 0.159 e. The van der Waals surface area contributed by atoms with Crippen LogP contribution >= 0.6 is 0 Å². The first-order valence-corrected chi connectivity index (χ1v) is 4.09. The Balaban J connectivity index is 2.34. The fourth-order valence-electron chi connectivity index (χ4n) is 1.52. The molecule has 0 bridgehead atoms. The van der Waals surface area contributed by atoms with E-state index < -0.39 is 6.17 Å². The summed E-state index contributed by atoms with van der Waals surface area (Å²) in [5.41, 5.74) is 0. The van der Waals surface area contributed by atoms with Crippen molar-refractivity contribution in [1.82, 2.24) is 4.90 Å². The Bertz CT molecular complexity index is 140. The minimum atomic E-state index is -1.24. The van der Waals surface area contributed by atoms with Gasteiger partial charge in [-0.1, -0.05) is 6.92 Å². The fraction of sp³-hybridized carbons (Fsp3) is 0.875. The Kier molecular flexibility index (Phi) is 3.00. The largest absolute Gasteiger partial charge is 0.303 e. The molecule has 2 unspecified atom stereocenters. The van der Waals surface area contributed by atoms with E-state index >= 15 is 0 Å². The van der Waals surface area contributed by atoms with Gasteiger partial charge < -0.3 is 9.69 Å². The standard InChI is InChI=1S/C8H14FNO/c1-2-10-4-3-7(5-10)8(9)6-11/h6-8H,2-5H2,1H3. The summed E-state index contributed by atoms with van der Waals surface area (Å²) in [6.45, 7) is 4.70. The van der Waals surface area contributed by atoms with Crippen LogP contribution in [0, 0.1) is 5.92 Å². The van der Waals surface area contributed by atoms with Crippen molar-refractivity contribution in [3.8, 4) is 0 Å². The van der Waals surface area contributed by atoms with Crippen LogP contribution in [0.3, 0.4) is 0 Å². The maximum absolute atomic E-state index is 12.8. The van der Waals surface area contributed by atoms with E-state index in [4.69, 9.17) is 0 Å². The summed E-state index contributed by atoms with van der Waals surface area (Å²) in [4.78, 5) is 12.3. The first-order chi connectivity index (χ1) is 5.27. The van der Waals surface area contributed by atoms with Crippen LogP contribution in [0.25, 0.3) is 0 Å². The number of hydrogen-bond donors (Lipinski definition) is 0. The second kappa shape index (κ2) is 3.81. The molecule has 0 amide bonds. The van der Waals surface area contributed by atoms with Gasteiger partial charge in [-0.25, -0.2) is 4.39 Å². The van der Waals surface area contributed by atoms with Gasteiger partial charge in [0.1, 0.15) is 0 Å². The van der Waals surface area contributed by atoms with Crippen molar-refractivity contribution in [2.24, 2.45) is 5.92 Å². The summed E-state index contributed by atoms with van der Waals surface area (Å²) < 4.78 is 12.8. The minimum absolute atomic E-state index is 0.0487. The quantitative estimate of drug-likeness (QED) is 0.569. The van der Waals surface area contributed by atoms with E-state index in [1.54, 1.807) is 0 Å². The van der Waals surface area contributed by atoms with Crippen molar-refractivity contribution >= 4 is 6.29 Å². The van der Waals surface area contributed by atoms with Gasteiger partial charge in [0.25, 0.3) is 0 Å². The van der Waals surface area contributed by atoms with Gasteiger partial charge in [0.15, 0.2) is 12.5 Å². The molecule has 0 spiro atoms. The molecule has 64 valence electrons. The monoisotopic (exact) mass is 159 g/mol. The van der Waals surface area contributed by atoms with E-state index in [0.29, 0.717) is 6.29 Å². The molecule has 0 radical (unpaired) electrons. The average molecular weight is 159 g/mol. The van der Waals surface area contributed by atoms with Gasteiger partial charge in [0.05, 0.1) is 0 Å². The van der Waals surface area contributed by atoms with Gasteiger partial charge in [-0.3, -0.25) is 0 Å². The molecule has 3 heteroatoms. The van der Waals surface area contributed by atoms with E-state index in [1.807, 2.05) is 0 Å². The second-order valence-corrected chi connectivity index (χ2v) is 3.02. The summed E-state index contributed by atoms with van der Waals surface area (Å²) in [5.74, 6) is -0.0487. The third-order valence-corrected chi connectivity index (χ3v) is 2.34. The summed E-state index contributed by atoms with van der Waals surface area (Å²) in [6.07, 6.45) is 0.00366. The third kappa shape index (κ3) is 1.99. The highest BCUT2D eigenvalue weighted by atomic mass is 19.1. The number of carbonyl (C=O) groups excluding carboxylic acids is 1. The van der Waals surface area contributed by atoms with Crippen LogP contribution in [0.5, 0.6) is 0 Å². The first kappa shape index (κ1) is 8.65. The molecule has 2 nitrogen and oxygen atoms in total. The van der Waals surface area contributed by atoms with Gasteiger partial charge in [-0.2, -0.15) is 0 Å². The fourth-order valence-corrected chi connectivity index (χ4v) is 1.52. The van der Waals surface area contributed by atoms with Crippen molar-refractivity contribution in [2.75, 3.05) is 19.6 Å². The van der Waals surface area contributed by atoms with Gasteiger partial charge in [-0.15, -0.1) is 0 Å². The molecule has 11 heavy (non-hydrogen) atoms. The van der Waals surface area contributed by atoms with Crippen LogP contribution in [-0.2, 0) is 4.79 Å². The van der Waals surface area contributed by atoms with Crippen LogP contribution in [0.2, 0.25) is 0 Å². The molecule has 1 saturated heterocycles. The molecule has 0 saturated carbocycles. The zero-order valence-corrected chi connectivity index (χ0v) is 6.79. The van der Waals surface area contributed by atoms with Gasteiger partial charge in [0.2, 0.25) is 0 Å². The zero-order chi connectivity index (χ0) is 8.27. The predicted octanol–water partition coefficient (Wildman–Crippen LogP) is 0.865. The number of likely N-dealkylation sites (tertiary alicyclic amines) is 1. The lowest BCUT2D eigenvalue weighted by molar-refractivity contribution is -0.113. The summed E-state index contributed by atoms with van der Waals surface area (Å²) in [5, 5.41) is 0. The molecule has 1 aliphatic rings. The molecule has 0 aliphatic carbocycles. The van der Waals surface area contributed by atoms with Crippen LogP contribution < -0.4 is 0 Å². The highest BCUT2D eigenvalue weighted by molar-refractivity contribution is 5.56. The van der Waals surface area contributed by atoms with Crippen LogP contribution in [0.15, 0.2) is 0 Å². The summed E-state index contributed by atoms with van der Waals surface area (Å²) in [6, 6.07) is 0. The lowest BCUT2D eigenvalue weighted by Crippen LogP contribution is -2.24. The van der Waals surface area contributed by atoms with Crippen LogP contribution in [0.1, 0.15) is 13.3 Å². The van der Waals surface area contributed by atoms with E-state index in [-0.39, 0.29) is 5.92 Å². The molecular weight excluding hydrogens is 145 g/mol. The molecular formula is C8H14FNO. The number of aldehydes is 1. The van der Waals surface area contributed by atoms with Crippen molar-refractivity contribution in [1.29, 1.82) is 0 Å². The highest BCUT2D eigenvalue weighted by Crippen LogP contribution is 2.20. The van der Waals surface area contributed by atoms with E-state index in [0.717, 1.165) is 26.1 Å². The number of halogens is 1. The Labute approximate surface area is 66.4 Å². The zero-order valence-electron chi connectivity index (χ0n) is 6.79. The highest BCUT2D eigenvalue weighted by Gasteiger charge is 2.27. The normalized spacial score (nSPS) is 28.7. The van der Waals surface area contributed by atoms with Gasteiger partial charge in [-0.05, 0) is 19.5 Å². The topological polar surface area (TPSA) is 20.3 Å². The number of carbonyl (C=O) groups is 1. The number of rotatable bonds is 3. The third-order valence-electron chi connectivity index (χ3n) is 2.34. The molecule has 0 aromatic heterocycles. The van der Waals surface area contributed by atoms with E-state index in [2.05, 4.69) is 11.8 Å². The molecule has 1 aliphatic heterocycles. The molecule has 1 fully saturated rings. The molecule has 1 rings (SSSR count). The molecule has 0 N–H and O–H groups in total. The van der Waals surface area contributed by atoms with Crippen molar-refractivity contribution < 1.29 is 9.18 Å². The maximum atomic E-state index is 12.8. The SMILES string of the molecule is CCN1CCC(C(F)C=O)C1. The Morgan fingerprint density at radius 3 is 3.00 bits per heavy atom. The number of alkyl halides is 1. The lowest BCUT2D eigenvalue weighted by atomic mass is 10.0. The molecule has 0 aromatic rings. The predicted molar refractivity (Wildman–Crippen MR) is 41.2 cm³/mol. The molecule has 2 atom stereocenters. The Morgan fingerprint density at radius 2 is 2.55 bits per heavy atom. The van der Waals surface area contributed by atoms with E-state index in [9.17, 15) is 9.18 Å². The van der Waals surface area contributed by atoms with Crippen LogP contribution in [-0.4, -0.2) is 37.0 Å². The van der Waals surface area contributed by atoms with Crippen LogP contribution in [0.4, 0.5) is 4.39 Å². The van der Waals surface area contributed by atoms with Gasteiger partial charge in [0, 0.05) is 12.5 Å². The number of hydrogen-bond acceptors (Lipinski definition) is 2. The van der Waals surface area contributed by atoms with E-state index in [1.165, 1.54) is 0 Å². The van der Waals surface area contributed by atoms with Crippen molar-refractivity contribution in [2.45, 2.75) is 19.5 Å². The molecule has 1 heterocycles. The Hall–Kier alpha value is -0.440. The summed E-state index contributed by atoms with van der Waals surface area (Å²) in [7, 11) is 0. The van der Waals surface area contributed by atoms with Crippen molar-refractivity contribution in [3.05, 3.63) is 0 Å². The smallest absolute Gasteiger partial charge is 0.159 e. The Morgan fingerprint density at radius 1 is 1.82 bits per heavy atom. The average Bonchev–Trinajstić information content (AvgIpc) is 2.50. The van der Waals surface area contributed by atoms with Gasteiger partial charge >= 0.3 is 0 Å². The minimum Gasteiger partial charge on any atom is -0.303 e. The first-order valence-electron chi connectivity index (χ1n) is 4.09. The summed E-state index contributed by atoms with van der Waals surface area (Å²) >= 11 is 0. The number of nitrogens with zero attached hydrogens (tertiary/aromatic N) is 1. The second-order valence-electron chi connectivity index (χ2n) is 3.02. The lowest BCUT2D eigenvalue weighted by Gasteiger charge is -2.12. The van der Waals surface area contributed by atoms with Crippen molar-refractivity contribution in [3.63, 3.8) is 0 Å². The molecule has 0 aromatic carbocycles.